The normalized spacial score (nSPS) is 16.8. The summed E-state index contributed by atoms with van der Waals surface area (Å²) in [4.78, 5) is 19.9. The van der Waals surface area contributed by atoms with Crippen LogP contribution < -0.4 is 10.6 Å². The van der Waals surface area contributed by atoms with Crippen molar-refractivity contribution >= 4 is 62.9 Å². The number of amides is 1. The van der Waals surface area contributed by atoms with E-state index in [4.69, 9.17) is 35.4 Å². The summed E-state index contributed by atoms with van der Waals surface area (Å²) in [6.45, 7) is 0.413. The lowest BCUT2D eigenvalue weighted by molar-refractivity contribution is -0.116. The number of nitrogens with one attached hydrogen (secondary N) is 2. The Balaban J connectivity index is 1.30. The van der Waals surface area contributed by atoms with Crippen molar-refractivity contribution in [3.63, 3.8) is 0 Å². The number of aromatic nitrogens is 2. The summed E-state index contributed by atoms with van der Waals surface area (Å²) in [5.74, 6) is -0.0877. The molecule has 3 aromatic carbocycles. The first-order valence-corrected chi connectivity index (χ1v) is 14.0. The van der Waals surface area contributed by atoms with Crippen LogP contribution >= 0.6 is 35.4 Å². The Kier molecular flexibility index (Phi) is 7.43. The third-order valence-electron chi connectivity index (χ3n) is 7.09. The predicted octanol–water partition coefficient (Wildman–Crippen LogP) is 7.33. The van der Waals surface area contributed by atoms with Crippen molar-refractivity contribution in [2.24, 2.45) is 0 Å². The van der Waals surface area contributed by atoms with Gasteiger partial charge in [-0.2, -0.15) is 0 Å². The first-order chi connectivity index (χ1) is 19.5. The molecule has 6 rings (SSSR count). The third kappa shape index (κ3) is 5.16. The first-order valence-electron chi connectivity index (χ1n) is 12.9. The van der Waals surface area contributed by atoms with Gasteiger partial charge in [-0.3, -0.25) is 9.78 Å². The number of hydrogen-bond acceptors (Lipinski definition) is 3. The van der Waals surface area contributed by atoms with Crippen molar-refractivity contribution in [3.05, 3.63) is 125 Å². The van der Waals surface area contributed by atoms with Gasteiger partial charge in [0.2, 0.25) is 5.91 Å². The lowest BCUT2D eigenvalue weighted by atomic mass is 10.0. The molecule has 1 aliphatic heterocycles. The van der Waals surface area contributed by atoms with E-state index < -0.39 is 0 Å². The Morgan fingerprint density at radius 3 is 2.62 bits per heavy atom. The molecule has 6 nitrogen and oxygen atoms in total. The molecule has 1 amide bonds. The van der Waals surface area contributed by atoms with Crippen LogP contribution in [0, 0.1) is 0 Å². The van der Waals surface area contributed by atoms with Gasteiger partial charge in [-0.25, -0.2) is 0 Å². The summed E-state index contributed by atoms with van der Waals surface area (Å²) in [6.07, 6.45) is 3.98. The van der Waals surface area contributed by atoms with Crippen molar-refractivity contribution in [1.29, 1.82) is 0 Å². The molecule has 1 aliphatic rings. The topological polar surface area (TPSA) is 62.2 Å². The summed E-state index contributed by atoms with van der Waals surface area (Å²) in [7, 11) is 0. The van der Waals surface area contributed by atoms with Crippen LogP contribution in [0.2, 0.25) is 10.0 Å². The second kappa shape index (κ2) is 11.3. The van der Waals surface area contributed by atoms with Gasteiger partial charge in [0.05, 0.1) is 28.5 Å². The van der Waals surface area contributed by atoms with Gasteiger partial charge >= 0.3 is 0 Å². The van der Waals surface area contributed by atoms with E-state index in [1.165, 1.54) is 0 Å². The van der Waals surface area contributed by atoms with Crippen molar-refractivity contribution in [1.82, 2.24) is 19.8 Å². The lowest BCUT2D eigenvalue weighted by Crippen LogP contribution is -2.33. The quantitative estimate of drug-likeness (QED) is 0.196. The number of fused-ring (bicyclic) bond motifs is 1. The highest BCUT2D eigenvalue weighted by molar-refractivity contribution is 7.80. The lowest BCUT2D eigenvalue weighted by Gasteiger charge is -2.29. The van der Waals surface area contributed by atoms with E-state index in [2.05, 4.69) is 20.5 Å². The molecule has 2 atom stereocenters. The molecule has 0 radical (unpaired) electrons. The van der Waals surface area contributed by atoms with Gasteiger partial charge in [0, 0.05) is 47.1 Å². The van der Waals surface area contributed by atoms with Crippen LogP contribution in [-0.2, 0) is 4.79 Å². The smallest absolute Gasteiger partial charge is 0.226 e. The predicted molar refractivity (Wildman–Crippen MR) is 165 cm³/mol. The second-order valence-electron chi connectivity index (χ2n) is 9.54. The highest BCUT2D eigenvalue weighted by Gasteiger charge is 2.41. The number of hydrogen-bond donors (Lipinski definition) is 2. The second-order valence-corrected chi connectivity index (χ2v) is 10.8. The van der Waals surface area contributed by atoms with Crippen LogP contribution in [0.4, 0.5) is 5.69 Å². The van der Waals surface area contributed by atoms with Crippen molar-refractivity contribution in [2.75, 3.05) is 11.9 Å². The van der Waals surface area contributed by atoms with E-state index in [1.807, 2.05) is 95.7 Å². The zero-order valence-corrected chi connectivity index (χ0v) is 23.6. The maximum Gasteiger partial charge on any atom is 0.226 e. The highest BCUT2D eigenvalue weighted by Crippen LogP contribution is 2.40. The molecule has 40 heavy (non-hydrogen) atoms. The number of benzene rings is 3. The average Bonchev–Trinajstić information content (AvgIpc) is 3.56. The van der Waals surface area contributed by atoms with Crippen LogP contribution in [0.25, 0.3) is 16.5 Å². The van der Waals surface area contributed by atoms with Crippen molar-refractivity contribution in [2.45, 2.75) is 18.5 Å². The molecule has 0 aliphatic carbocycles. The largest absolute Gasteiger partial charge is 0.352 e. The van der Waals surface area contributed by atoms with E-state index in [-0.39, 0.29) is 24.4 Å². The standard InChI is InChI=1S/C31H25Cl2N5OS/c32-21-13-14-26(23(33)19-21)37-17-6-12-27(37)30-29(25-10-3-4-16-34-25)36-31(40)38(30)18-15-28(39)35-24-11-5-8-20-7-1-2-9-22(20)24/h1-14,16-17,19,29-30H,15,18H2,(H,35,39)(H,36,40). The summed E-state index contributed by atoms with van der Waals surface area (Å²) >= 11 is 18.6. The molecule has 1 fully saturated rings. The Labute approximate surface area is 247 Å². The summed E-state index contributed by atoms with van der Waals surface area (Å²) in [5.41, 5.74) is 3.41. The SMILES string of the molecule is O=C(CCN1C(=S)NC(c2ccccn2)C1c1cccn1-c1ccc(Cl)cc1Cl)Nc1cccc2ccccc12. The monoisotopic (exact) mass is 585 g/mol. The van der Waals surface area contributed by atoms with Crippen LogP contribution in [0.1, 0.15) is 29.9 Å². The molecule has 0 bridgehead atoms. The first kappa shape index (κ1) is 26.3. The number of halogens is 2. The van der Waals surface area contributed by atoms with Gasteiger partial charge in [0.1, 0.15) is 0 Å². The van der Waals surface area contributed by atoms with E-state index in [0.29, 0.717) is 21.7 Å². The zero-order chi connectivity index (χ0) is 27.6. The minimum absolute atomic E-state index is 0.0877. The summed E-state index contributed by atoms with van der Waals surface area (Å²) in [5, 5.41) is 10.3. The third-order valence-corrected chi connectivity index (χ3v) is 7.98. The fourth-order valence-corrected chi connectivity index (χ4v) is 6.10. The molecule has 0 saturated carbocycles. The van der Waals surface area contributed by atoms with Gasteiger partial charge < -0.3 is 20.1 Å². The van der Waals surface area contributed by atoms with Crippen LogP contribution in [0.3, 0.4) is 0 Å². The number of anilines is 1. The average molecular weight is 587 g/mol. The molecule has 1 saturated heterocycles. The number of carbonyl (C=O) groups is 1. The Morgan fingerprint density at radius 1 is 0.975 bits per heavy atom. The Morgan fingerprint density at radius 2 is 1.80 bits per heavy atom. The molecular weight excluding hydrogens is 561 g/mol. The molecule has 2 N–H and O–H groups in total. The van der Waals surface area contributed by atoms with Gasteiger partial charge in [-0.15, -0.1) is 0 Å². The Bertz CT molecular complexity index is 1700. The number of thiocarbonyl (C=S) groups is 1. The molecule has 0 spiro atoms. The number of carbonyl (C=O) groups excluding carboxylic acids is 1. The van der Waals surface area contributed by atoms with E-state index in [0.717, 1.165) is 33.5 Å². The molecule has 5 aromatic rings. The molecule has 200 valence electrons. The molecule has 2 unspecified atom stereocenters. The molecule has 2 aromatic heterocycles. The van der Waals surface area contributed by atoms with E-state index in [9.17, 15) is 4.79 Å². The van der Waals surface area contributed by atoms with E-state index >= 15 is 0 Å². The van der Waals surface area contributed by atoms with Crippen LogP contribution in [0.15, 0.2) is 103 Å². The van der Waals surface area contributed by atoms with E-state index in [1.54, 1.807) is 12.3 Å². The van der Waals surface area contributed by atoms with Gasteiger partial charge in [0.15, 0.2) is 5.11 Å². The number of pyridine rings is 1. The van der Waals surface area contributed by atoms with Crippen molar-refractivity contribution < 1.29 is 4.79 Å². The fourth-order valence-electron chi connectivity index (χ4n) is 5.27. The molecule has 3 heterocycles. The molecule has 9 heteroatoms. The number of nitrogens with zero attached hydrogens (tertiary/aromatic N) is 3. The highest BCUT2D eigenvalue weighted by atomic mass is 35.5. The maximum atomic E-state index is 13.2. The van der Waals surface area contributed by atoms with Crippen LogP contribution in [-0.4, -0.2) is 32.0 Å². The zero-order valence-electron chi connectivity index (χ0n) is 21.3. The Hall–Kier alpha value is -3.91. The van der Waals surface area contributed by atoms with Crippen molar-refractivity contribution in [3.8, 4) is 5.69 Å². The number of rotatable bonds is 7. The summed E-state index contributed by atoms with van der Waals surface area (Å²) in [6, 6.07) is 28.7. The summed E-state index contributed by atoms with van der Waals surface area (Å²) < 4.78 is 2.04. The minimum Gasteiger partial charge on any atom is -0.352 e. The minimum atomic E-state index is -0.241. The molecular formula is C31H25Cl2N5OS. The maximum absolute atomic E-state index is 13.2. The van der Waals surface area contributed by atoms with Gasteiger partial charge in [-0.1, -0.05) is 65.7 Å². The fraction of sp³-hybridized carbons (Fsp3) is 0.129. The van der Waals surface area contributed by atoms with Crippen LogP contribution in [0.5, 0.6) is 0 Å². The van der Waals surface area contributed by atoms with Gasteiger partial charge in [0.25, 0.3) is 0 Å². The van der Waals surface area contributed by atoms with Gasteiger partial charge in [-0.05, 0) is 66.1 Å².